The van der Waals surface area contributed by atoms with E-state index in [4.69, 9.17) is 5.11 Å². The third-order valence-corrected chi connectivity index (χ3v) is 5.04. The largest absolute Gasteiger partial charge is 0.481 e. The Bertz CT molecular complexity index is 595. The minimum Gasteiger partial charge on any atom is -0.481 e. The van der Waals surface area contributed by atoms with Crippen molar-refractivity contribution in [2.24, 2.45) is 0 Å². The van der Waals surface area contributed by atoms with Crippen LogP contribution in [0.25, 0.3) is 0 Å². The summed E-state index contributed by atoms with van der Waals surface area (Å²) in [6, 6.07) is 7.09. The third-order valence-electron chi connectivity index (χ3n) is 3.92. The molecule has 1 fully saturated rings. The van der Waals surface area contributed by atoms with Crippen molar-refractivity contribution in [3.8, 4) is 0 Å². The molecule has 1 N–H and O–H groups in total. The van der Waals surface area contributed by atoms with Crippen LogP contribution < -0.4 is 4.90 Å². The summed E-state index contributed by atoms with van der Waals surface area (Å²) >= 11 is 0. The second-order valence-corrected chi connectivity index (χ2v) is 7.56. The second kappa shape index (κ2) is 6.47. The van der Waals surface area contributed by atoms with Gasteiger partial charge >= 0.3 is 5.97 Å². The molecule has 0 aromatic heterocycles. The number of anilines is 1. The first-order valence-corrected chi connectivity index (χ1v) is 9.05. The van der Waals surface area contributed by atoms with Crippen LogP contribution in [0, 0.1) is 0 Å². The van der Waals surface area contributed by atoms with Gasteiger partial charge in [0.2, 0.25) is 0 Å². The highest BCUT2D eigenvalue weighted by Crippen LogP contribution is 2.28. The topological polar surface area (TPSA) is 74.7 Å². The molecule has 5 nitrogen and oxygen atoms in total. The summed E-state index contributed by atoms with van der Waals surface area (Å²) in [6.07, 6.45) is 5.17. The Labute approximate surface area is 125 Å². The van der Waals surface area contributed by atoms with Crippen LogP contribution in [-0.4, -0.2) is 38.3 Å². The number of hydrogen-bond donors (Lipinski definition) is 1. The molecule has 1 aromatic carbocycles. The van der Waals surface area contributed by atoms with Gasteiger partial charge in [-0.25, -0.2) is 8.42 Å². The van der Waals surface area contributed by atoms with Crippen molar-refractivity contribution < 1.29 is 18.3 Å². The molecule has 116 valence electrons. The van der Waals surface area contributed by atoms with Crippen molar-refractivity contribution in [3.63, 3.8) is 0 Å². The van der Waals surface area contributed by atoms with Crippen LogP contribution in [0.1, 0.15) is 32.1 Å². The summed E-state index contributed by atoms with van der Waals surface area (Å²) < 4.78 is 23.0. The highest BCUT2D eigenvalue weighted by molar-refractivity contribution is 7.90. The molecule has 0 spiro atoms. The van der Waals surface area contributed by atoms with Gasteiger partial charge in [0.15, 0.2) is 9.84 Å². The maximum absolute atomic E-state index is 11.5. The molecule has 0 bridgehead atoms. The number of carboxylic acids is 1. The molecule has 1 aliphatic heterocycles. The van der Waals surface area contributed by atoms with Crippen LogP contribution in [0.2, 0.25) is 0 Å². The monoisotopic (exact) mass is 311 g/mol. The number of nitrogens with zero attached hydrogens (tertiary/aromatic N) is 1. The zero-order valence-corrected chi connectivity index (χ0v) is 13.0. The molecule has 2 rings (SSSR count). The van der Waals surface area contributed by atoms with Crippen molar-refractivity contribution in [1.82, 2.24) is 0 Å². The molecule has 1 aromatic rings. The lowest BCUT2D eigenvalue weighted by atomic mass is 9.97. The van der Waals surface area contributed by atoms with E-state index in [-0.39, 0.29) is 12.5 Å². The number of carbonyl (C=O) groups is 1. The van der Waals surface area contributed by atoms with Gasteiger partial charge in [-0.15, -0.1) is 0 Å². The minimum absolute atomic E-state index is 0.169. The molecule has 0 radical (unpaired) electrons. The van der Waals surface area contributed by atoms with Crippen molar-refractivity contribution in [1.29, 1.82) is 0 Å². The van der Waals surface area contributed by atoms with Gasteiger partial charge in [0.1, 0.15) is 0 Å². The predicted molar refractivity (Wildman–Crippen MR) is 81.4 cm³/mol. The number of benzene rings is 1. The van der Waals surface area contributed by atoms with Crippen molar-refractivity contribution in [3.05, 3.63) is 24.3 Å². The van der Waals surface area contributed by atoms with Crippen molar-refractivity contribution >= 4 is 21.5 Å². The molecular formula is C15H21NO4S. The average molecular weight is 311 g/mol. The first kappa shape index (κ1) is 15.8. The van der Waals surface area contributed by atoms with Crippen LogP contribution in [0.5, 0.6) is 0 Å². The van der Waals surface area contributed by atoms with E-state index in [0.29, 0.717) is 11.3 Å². The minimum atomic E-state index is -3.18. The van der Waals surface area contributed by atoms with Crippen molar-refractivity contribution in [2.45, 2.75) is 43.0 Å². The van der Waals surface area contributed by atoms with E-state index >= 15 is 0 Å². The lowest BCUT2D eigenvalue weighted by molar-refractivity contribution is -0.137. The number of aliphatic carboxylic acids is 1. The van der Waals surface area contributed by atoms with Crippen LogP contribution in [0.15, 0.2) is 29.2 Å². The van der Waals surface area contributed by atoms with Crippen LogP contribution in [0.3, 0.4) is 0 Å². The van der Waals surface area contributed by atoms with E-state index in [1.165, 1.54) is 6.26 Å². The van der Waals surface area contributed by atoms with E-state index in [0.717, 1.165) is 31.5 Å². The molecule has 1 unspecified atom stereocenters. The van der Waals surface area contributed by atoms with Gasteiger partial charge in [-0.2, -0.15) is 0 Å². The molecule has 1 aliphatic rings. The lowest BCUT2D eigenvalue weighted by Gasteiger charge is -2.37. The summed E-state index contributed by atoms with van der Waals surface area (Å²) in [6.45, 7) is 0.891. The molecule has 1 saturated heterocycles. The average Bonchev–Trinajstić information content (AvgIpc) is 2.44. The molecule has 21 heavy (non-hydrogen) atoms. The van der Waals surface area contributed by atoms with Gasteiger partial charge in [-0.3, -0.25) is 4.79 Å². The van der Waals surface area contributed by atoms with Gasteiger partial charge < -0.3 is 10.0 Å². The Morgan fingerprint density at radius 1 is 1.29 bits per heavy atom. The first-order chi connectivity index (χ1) is 9.88. The lowest BCUT2D eigenvalue weighted by Crippen LogP contribution is -2.39. The zero-order chi connectivity index (χ0) is 15.5. The summed E-state index contributed by atoms with van der Waals surface area (Å²) in [5, 5.41) is 8.84. The summed E-state index contributed by atoms with van der Waals surface area (Å²) in [5.74, 6) is -0.770. The van der Waals surface area contributed by atoms with Crippen LogP contribution >= 0.6 is 0 Å². The maximum atomic E-state index is 11.5. The number of hydrogen-bond acceptors (Lipinski definition) is 4. The SMILES string of the molecule is CS(=O)(=O)c1ccc(N2CCCCC2CCC(=O)O)cc1. The normalized spacial score (nSPS) is 19.5. The molecular weight excluding hydrogens is 290 g/mol. The smallest absolute Gasteiger partial charge is 0.303 e. The number of piperidine rings is 1. The molecule has 0 amide bonds. The quantitative estimate of drug-likeness (QED) is 0.903. The molecule has 0 aliphatic carbocycles. The fraction of sp³-hybridized carbons (Fsp3) is 0.533. The van der Waals surface area contributed by atoms with E-state index in [9.17, 15) is 13.2 Å². The van der Waals surface area contributed by atoms with Crippen LogP contribution in [-0.2, 0) is 14.6 Å². The second-order valence-electron chi connectivity index (χ2n) is 5.54. The number of carboxylic acid groups (broad SMARTS) is 1. The standard InChI is InChI=1S/C15H21NO4S/c1-21(19,20)14-8-5-13(6-9-14)16-11-3-2-4-12(16)7-10-15(17)18/h5-6,8-9,12H,2-4,7,10-11H2,1H3,(H,17,18). The molecule has 0 saturated carbocycles. The third kappa shape index (κ3) is 4.20. The predicted octanol–water partition coefficient (Wildman–Crippen LogP) is 2.31. The van der Waals surface area contributed by atoms with Crippen LogP contribution in [0.4, 0.5) is 5.69 Å². The summed E-state index contributed by atoms with van der Waals surface area (Å²) in [7, 11) is -3.18. The van der Waals surface area contributed by atoms with Gasteiger partial charge in [-0.05, 0) is 49.9 Å². The van der Waals surface area contributed by atoms with E-state index < -0.39 is 15.8 Å². The Balaban J connectivity index is 2.15. The van der Waals surface area contributed by atoms with E-state index in [1.54, 1.807) is 12.1 Å². The highest BCUT2D eigenvalue weighted by Gasteiger charge is 2.23. The first-order valence-electron chi connectivity index (χ1n) is 7.16. The van der Waals surface area contributed by atoms with E-state index in [1.807, 2.05) is 12.1 Å². The fourth-order valence-corrected chi connectivity index (χ4v) is 3.45. The summed E-state index contributed by atoms with van der Waals surface area (Å²) in [5.41, 5.74) is 0.970. The van der Waals surface area contributed by atoms with E-state index in [2.05, 4.69) is 4.90 Å². The molecule has 1 heterocycles. The Morgan fingerprint density at radius 2 is 1.95 bits per heavy atom. The summed E-state index contributed by atoms with van der Waals surface area (Å²) in [4.78, 5) is 13.3. The van der Waals surface area contributed by atoms with Gasteiger partial charge in [0, 0.05) is 31.0 Å². The van der Waals surface area contributed by atoms with Crippen molar-refractivity contribution in [2.75, 3.05) is 17.7 Å². The highest BCUT2D eigenvalue weighted by atomic mass is 32.2. The molecule has 6 heteroatoms. The Hall–Kier alpha value is -1.56. The van der Waals surface area contributed by atoms with Gasteiger partial charge in [0.05, 0.1) is 4.90 Å². The maximum Gasteiger partial charge on any atom is 0.303 e. The number of sulfone groups is 1. The fourth-order valence-electron chi connectivity index (χ4n) is 2.82. The van der Waals surface area contributed by atoms with Gasteiger partial charge in [0.25, 0.3) is 0 Å². The zero-order valence-electron chi connectivity index (χ0n) is 12.2. The molecule has 1 atom stereocenters. The Morgan fingerprint density at radius 3 is 2.52 bits per heavy atom. The van der Waals surface area contributed by atoms with Gasteiger partial charge in [-0.1, -0.05) is 0 Å². The Kier molecular flexibility index (Phi) is 4.88. The number of rotatable bonds is 5.